The van der Waals surface area contributed by atoms with E-state index < -0.39 is 0 Å². The Bertz CT molecular complexity index is 249. The minimum absolute atomic E-state index is 0.241. The zero-order chi connectivity index (χ0) is 13.0. The highest BCUT2D eigenvalue weighted by atomic mass is 16.5. The molecule has 2 rings (SSSR count). The maximum atomic E-state index is 5.30. The predicted octanol–water partition coefficient (Wildman–Crippen LogP) is 2.17. The van der Waals surface area contributed by atoms with Gasteiger partial charge >= 0.3 is 0 Å². The lowest BCUT2D eigenvalue weighted by Crippen LogP contribution is -2.45. The monoisotopic (exact) mass is 254 g/mol. The van der Waals surface area contributed by atoms with E-state index in [1.54, 1.807) is 7.11 Å². The lowest BCUT2D eigenvalue weighted by Gasteiger charge is -2.31. The maximum absolute atomic E-state index is 5.30. The predicted molar refractivity (Wildman–Crippen MR) is 75.8 cm³/mol. The van der Waals surface area contributed by atoms with E-state index in [1.807, 2.05) is 0 Å². The van der Waals surface area contributed by atoms with E-state index in [-0.39, 0.29) is 5.41 Å². The summed E-state index contributed by atoms with van der Waals surface area (Å²) in [4.78, 5) is 0. The van der Waals surface area contributed by atoms with Gasteiger partial charge < -0.3 is 15.4 Å². The van der Waals surface area contributed by atoms with Gasteiger partial charge in [-0.2, -0.15) is 0 Å². The van der Waals surface area contributed by atoms with Gasteiger partial charge in [0.25, 0.3) is 0 Å². The molecule has 0 aromatic carbocycles. The highest BCUT2D eigenvalue weighted by Gasteiger charge is 2.35. The van der Waals surface area contributed by atoms with Crippen LogP contribution in [0.2, 0.25) is 0 Å². The van der Waals surface area contributed by atoms with Gasteiger partial charge in [0.1, 0.15) is 0 Å². The normalized spacial score (nSPS) is 33.2. The lowest BCUT2D eigenvalue weighted by molar-refractivity contribution is 0.0991. The summed E-state index contributed by atoms with van der Waals surface area (Å²) >= 11 is 0. The molecule has 1 aliphatic heterocycles. The fourth-order valence-corrected chi connectivity index (χ4v) is 3.65. The first-order valence-corrected chi connectivity index (χ1v) is 7.58. The van der Waals surface area contributed by atoms with Gasteiger partial charge in [-0.15, -0.1) is 0 Å². The van der Waals surface area contributed by atoms with Crippen LogP contribution in [-0.2, 0) is 4.74 Å². The minimum Gasteiger partial charge on any atom is -0.384 e. The molecule has 3 unspecified atom stereocenters. The van der Waals surface area contributed by atoms with Crippen molar-refractivity contribution in [2.75, 3.05) is 26.8 Å². The molecule has 1 heterocycles. The third-order valence-electron chi connectivity index (χ3n) is 4.56. The molecule has 3 nitrogen and oxygen atoms in total. The van der Waals surface area contributed by atoms with Gasteiger partial charge in [0.05, 0.1) is 6.61 Å². The summed E-state index contributed by atoms with van der Waals surface area (Å²) < 4.78 is 5.30. The first kappa shape index (κ1) is 14.3. The molecule has 3 heteroatoms. The lowest BCUT2D eigenvalue weighted by atomic mass is 9.90. The van der Waals surface area contributed by atoms with Crippen molar-refractivity contribution < 1.29 is 4.74 Å². The Morgan fingerprint density at radius 3 is 2.72 bits per heavy atom. The highest BCUT2D eigenvalue weighted by Crippen LogP contribution is 2.32. The molecule has 3 atom stereocenters. The van der Waals surface area contributed by atoms with Crippen LogP contribution in [0.25, 0.3) is 0 Å². The SMILES string of the molecule is COCC(C)(C)CNC1CCCC1C1CCCN1. The maximum Gasteiger partial charge on any atom is 0.0525 e. The molecule has 0 bridgehead atoms. The van der Waals surface area contributed by atoms with E-state index in [2.05, 4.69) is 24.5 Å². The Labute approximate surface area is 112 Å². The molecule has 0 aromatic heterocycles. The van der Waals surface area contributed by atoms with Gasteiger partial charge in [-0.05, 0) is 38.1 Å². The van der Waals surface area contributed by atoms with Crippen LogP contribution >= 0.6 is 0 Å². The second kappa shape index (κ2) is 6.36. The molecular weight excluding hydrogens is 224 g/mol. The molecule has 1 aliphatic carbocycles. The van der Waals surface area contributed by atoms with E-state index in [0.29, 0.717) is 0 Å². The summed E-state index contributed by atoms with van der Waals surface area (Å²) in [5.41, 5.74) is 0.241. The first-order chi connectivity index (χ1) is 8.62. The summed E-state index contributed by atoms with van der Waals surface area (Å²) in [6.45, 7) is 7.68. The number of methoxy groups -OCH3 is 1. The molecule has 1 saturated carbocycles. The van der Waals surface area contributed by atoms with Crippen LogP contribution in [0.3, 0.4) is 0 Å². The highest BCUT2D eigenvalue weighted by molar-refractivity contribution is 4.93. The molecule has 0 aromatic rings. The molecule has 0 amide bonds. The average Bonchev–Trinajstić information content (AvgIpc) is 2.97. The van der Waals surface area contributed by atoms with Gasteiger partial charge in [0.2, 0.25) is 0 Å². The van der Waals surface area contributed by atoms with Crippen LogP contribution in [-0.4, -0.2) is 38.9 Å². The summed E-state index contributed by atoms with van der Waals surface area (Å²) in [7, 11) is 1.79. The molecule has 0 spiro atoms. The fourth-order valence-electron chi connectivity index (χ4n) is 3.65. The number of hydrogen-bond donors (Lipinski definition) is 2. The van der Waals surface area contributed by atoms with Gasteiger partial charge in [-0.3, -0.25) is 0 Å². The molecule has 0 radical (unpaired) electrons. The Morgan fingerprint density at radius 1 is 1.22 bits per heavy atom. The van der Waals surface area contributed by atoms with Gasteiger partial charge in [0.15, 0.2) is 0 Å². The van der Waals surface area contributed by atoms with Crippen molar-refractivity contribution in [3.05, 3.63) is 0 Å². The van der Waals surface area contributed by atoms with Crippen molar-refractivity contribution in [2.45, 2.75) is 58.0 Å². The average molecular weight is 254 g/mol. The zero-order valence-electron chi connectivity index (χ0n) is 12.3. The topological polar surface area (TPSA) is 33.3 Å². The molecule has 2 aliphatic rings. The van der Waals surface area contributed by atoms with Gasteiger partial charge in [-0.1, -0.05) is 20.3 Å². The molecule has 106 valence electrons. The van der Waals surface area contributed by atoms with Crippen molar-refractivity contribution in [3.8, 4) is 0 Å². The Balaban J connectivity index is 1.80. The second-order valence-electron chi connectivity index (χ2n) is 6.88. The molecule has 18 heavy (non-hydrogen) atoms. The Hall–Kier alpha value is -0.120. The third kappa shape index (κ3) is 3.69. The number of rotatable bonds is 6. The van der Waals surface area contributed by atoms with Crippen LogP contribution in [0.1, 0.15) is 46.0 Å². The summed E-state index contributed by atoms with van der Waals surface area (Å²) in [5, 5.41) is 7.50. The van der Waals surface area contributed by atoms with Crippen molar-refractivity contribution in [1.29, 1.82) is 0 Å². The van der Waals surface area contributed by atoms with Crippen LogP contribution in [0.5, 0.6) is 0 Å². The summed E-state index contributed by atoms with van der Waals surface area (Å²) in [6.07, 6.45) is 6.89. The largest absolute Gasteiger partial charge is 0.384 e. The first-order valence-electron chi connectivity index (χ1n) is 7.58. The van der Waals surface area contributed by atoms with Gasteiger partial charge in [-0.25, -0.2) is 0 Å². The molecular formula is C15H30N2O. The van der Waals surface area contributed by atoms with Crippen molar-refractivity contribution in [3.63, 3.8) is 0 Å². The third-order valence-corrected chi connectivity index (χ3v) is 4.56. The molecule has 2 N–H and O–H groups in total. The Morgan fingerprint density at radius 2 is 2.06 bits per heavy atom. The standard InChI is InChI=1S/C15H30N2O/c1-15(2,11-18-3)10-17-14-7-4-6-12(14)13-8-5-9-16-13/h12-14,16-17H,4-11H2,1-3H3. The zero-order valence-corrected chi connectivity index (χ0v) is 12.3. The quantitative estimate of drug-likeness (QED) is 0.762. The molecule has 1 saturated heterocycles. The van der Waals surface area contributed by atoms with Crippen LogP contribution in [0.4, 0.5) is 0 Å². The smallest absolute Gasteiger partial charge is 0.0525 e. The van der Waals surface area contributed by atoms with Crippen molar-refractivity contribution in [2.24, 2.45) is 11.3 Å². The van der Waals surface area contributed by atoms with E-state index in [0.717, 1.165) is 31.2 Å². The van der Waals surface area contributed by atoms with Gasteiger partial charge in [0, 0.05) is 31.2 Å². The number of ether oxygens (including phenoxy) is 1. The van der Waals surface area contributed by atoms with E-state index >= 15 is 0 Å². The van der Waals surface area contributed by atoms with Crippen molar-refractivity contribution in [1.82, 2.24) is 10.6 Å². The minimum atomic E-state index is 0.241. The van der Waals surface area contributed by atoms with E-state index in [9.17, 15) is 0 Å². The molecule has 2 fully saturated rings. The van der Waals surface area contributed by atoms with Crippen LogP contribution in [0.15, 0.2) is 0 Å². The summed E-state index contributed by atoms with van der Waals surface area (Å²) in [5.74, 6) is 0.853. The summed E-state index contributed by atoms with van der Waals surface area (Å²) in [6, 6.07) is 1.49. The van der Waals surface area contributed by atoms with E-state index in [4.69, 9.17) is 4.74 Å². The number of hydrogen-bond acceptors (Lipinski definition) is 3. The van der Waals surface area contributed by atoms with Crippen molar-refractivity contribution >= 4 is 0 Å². The van der Waals surface area contributed by atoms with Crippen LogP contribution in [0, 0.1) is 11.3 Å². The fraction of sp³-hybridized carbons (Fsp3) is 1.00. The second-order valence-corrected chi connectivity index (χ2v) is 6.88. The van der Waals surface area contributed by atoms with E-state index in [1.165, 1.54) is 38.6 Å². The Kier molecular flexibility index (Phi) is 5.05. The number of nitrogens with one attached hydrogen (secondary N) is 2. The van der Waals surface area contributed by atoms with Crippen LogP contribution < -0.4 is 10.6 Å².